The Morgan fingerprint density at radius 3 is 2.54 bits per heavy atom. The molecule has 0 heterocycles. The molecule has 0 radical (unpaired) electrons. The van der Waals surface area contributed by atoms with Crippen LogP contribution in [0.3, 0.4) is 0 Å². The van der Waals surface area contributed by atoms with Gasteiger partial charge in [-0.3, -0.25) is 4.99 Å². The minimum absolute atomic E-state index is 0.0629. The van der Waals surface area contributed by atoms with Crippen molar-refractivity contribution in [1.29, 1.82) is 0 Å². The van der Waals surface area contributed by atoms with Crippen LogP contribution in [0.1, 0.15) is 78.1 Å². The van der Waals surface area contributed by atoms with E-state index >= 15 is 0 Å². The number of aliphatic hydroxyl groups is 1. The van der Waals surface area contributed by atoms with E-state index in [-0.39, 0.29) is 17.5 Å². The van der Waals surface area contributed by atoms with E-state index in [2.05, 4.69) is 18.8 Å². The predicted octanol–water partition coefficient (Wildman–Crippen LogP) is 3.44. The highest BCUT2D eigenvalue weighted by Crippen LogP contribution is 2.66. The van der Waals surface area contributed by atoms with Crippen molar-refractivity contribution in [3.05, 3.63) is 0 Å². The fourth-order valence-corrected chi connectivity index (χ4v) is 7.87. The Hall–Kier alpha value is -0.810. The van der Waals surface area contributed by atoms with Crippen LogP contribution in [-0.4, -0.2) is 36.4 Å². The van der Waals surface area contributed by atoms with Gasteiger partial charge in [0.05, 0.1) is 12.2 Å². The molecule has 5 heteroatoms. The standard InChI is InChI=1S/C23H41N3O2/c1-22-10-8-16(28-13-3-12-26-21(24)25)14-15(22)4-5-17-18-6-7-20(27)23(18,2)11-9-19(17)22/h15-20,27H,3-14H2,1-2H3,(H4,24,25,26). The number of nitrogens with two attached hydrogens (primary N) is 2. The molecule has 0 spiro atoms. The SMILES string of the molecule is CC12CCC3C(CCC4CC(OCCCN=C(N)N)CCC43C)C1CCC2O. The minimum atomic E-state index is -0.0629. The molecule has 4 saturated carbocycles. The second kappa shape index (κ2) is 7.79. The first-order chi connectivity index (χ1) is 13.3. The smallest absolute Gasteiger partial charge is 0.185 e. The van der Waals surface area contributed by atoms with Crippen LogP contribution in [0.25, 0.3) is 0 Å². The third-order valence-electron chi connectivity index (χ3n) is 9.52. The molecule has 0 amide bonds. The van der Waals surface area contributed by atoms with Gasteiger partial charge < -0.3 is 21.3 Å². The van der Waals surface area contributed by atoms with E-state index in [9.17, 15) is 5.11 Å². The molecule has 0 aromatic carbocycles. The lowest BCUT2D eigenvalue weighted by molar-refractivity contribution is -0.140. The van der Waals surface area contributed by atoms with Crippen molar-refractivity contribution in [2.75, 3.05) is 13.2 Å². The van der Waals surface area contributed by atoms with Crippen molar-refractivity contribution in [3.8, 4) is 0 Å². The van der Waals surface area contributed by atoms with Gasteiger partial charge in [-0.15, -0.1) is 0 Å². The molecule has 5 N–H and O–H groups in total. The Bertz CT molecular complexity index is 592. The van der Waals surface area contributed by atoms with E-state index in [4.69, 9.17) is 16.2 Å². The molecule has 8 atom stereocenters. The Morgan fingerprint density at radius 2 is 1.75 bits per heavy atom. The first kappa shape index (κ1) is 20.5. The molecule has 8 unspecified atom stereocenters. The number of ether oxygens (including phenoxy) is 1. The van der Waals surface area contributed by atoms with Crippen LogP contribution in [0.4, 0.5) is 0 Å². The summed E-state index contributed by atoms with van der Waals surface area (Å²) in [6.45, 7) is 6.39. The number of rotatable bonds is 5. The summed E-state index contributed by atoms with van der Waals surface area (Å²) in [6.07, 6.45) is 12.5. The van der Waals surface area contributed by atoms with Gasteiger partial charge >= 0.3 is 0 Å². The minimum Gasteiger partial charge on any atom is -0.393 e. The van der Waals surface area contributed by atoms with Gasteiger partial charge in [0.15, 0.2) is 5.96 Å². The molecule has 0 aromatic rings. The molecule has 4 fully saturated rings. The fourth-order valence-electron chi connectivity index (χ4n) is 7.87. The van der Waals surface area contributed by atoms with Crippen LogP contribution < -0.4 is 11.5 Å². The zero-order chi connectivity index (χ0) is 19.9. The van der Waals surface area contributed by atoms with E-state index in [0.717, 1.165) is 43.1 Å². The van der Waals surface area contributed by atoms with E-state index in [1.807, 2.05) is 0 Å². The largest absolute Gasteiger partial charge is 0.393 e. The number of nitrogens with zero attached hydrogens (tertiary/aromatic N) is 1. The highest BCUT2D eigenvalue weighted by molar-refractivity contribution is 5.75. The Labute approximate surface area is 170 Å². The van der Waals surface area contributed by atoms with Crippen LogP contribution in [0.2, 0.25) is 0 Å². The summed E-state index contributed by atoms with van der Waals surface area (Å²) in [5, 5.41) is 10.6. The quantitative estimate of drug-likeness (QED) is 0.380. The summed E-state index contributed by atoms with van der Waals surface area (Å²) < 4.78 is 6.21. The number of hydrogen-bond acceptors (Lipinski definition) is 3. The van der Waals surface area contributed by atoms with Crippen molar-refractivity contribution in [2.24, 2.45) is 51.0 Å². The number of aliphatic hydroxyl groups excluding tert-OH is 1. The second-order valence-corrected chi connectivity index (χ2v) is 10.7. The van der Waals surface area contributed by atoms with Crippen LogP contribution in [0, 0.1) is 34.5 Å². The van der Waals surface area contributed by atoms with Crippen LogP contribution >= 0.6 is 0 Å². The van der Waals surface area contributed by atoms with E-state index < -0.39 is 0 Å². The van der Waals surface area contributed by atoms with Crippen LogP contribution in [0.5, 0.6) is 0 Å². The highest BCUT2D eigenvalue weighted by Gasteiger charge is 2.60. The first-order valence-corrected chi connectivity index (χ1v) is 11.7. The second-order valence-electron chi connectivity index (χ2n) is 10.7. The lowest BCUT2D eigenvalue weighted by atomic mass is 9.45. The van der Waals surface area contributed by atoms with E-state index in [1.54, 1.807) is 0 Å². The van der Waals surface area contributed by atoms with Gasteiger partial charge in [-0.2, -0.15) is 0 Å². The zero-order valence-corrected chi connectivity index (χ0v) is 17.9. The maximum Gasteiger partial charge on any atom is 0.185 e. The van der Waals surface area contributed by atoms with Crippen molar-refractivity contribution >= 4 is 5.96 Å². The molecule has 28 heavy (non-hydrogen) atoms. The van der Waals surface area contributed by atoms with E-state index in [0.29, 0.717) is 18.1 Å². The lowest BCUT2D eigenvalue weighted by Gasteiger charge is -2.60. The molecular weight excluding hydrogens is 350 g/mol. The van der Waals surface area contributed by atoms with Crippen molar-refractivity contribution in [2.45, 2.75) is 90.3 Å². The normalized spacial score (nSPS) is 47.7. The number of hydrogen-bond donors (Lipinski definition) is 3. The maximum absolute atomic E-state index is 10.6. The van der Waals surface area contributed by atoms with Crippen molar-refractivity contribution < 1.29 is 9.84 Å². The molecule has 5 nitrogen and oxygen atoms in total. The third-order valence-corrected chi connectivity index (χ3v) is 9.52. The molecule has 0 bridgehead atoms. The summed E-state index contributed by atoms with van der Waals surface area (Å²) in [5.41, 5.74) is 11.4. The molecule has 0 aliphatic heterocycles. The maximum atomic E-state index is 10.6. The van der Waals surface area contributed by atoms with Gasteiger partial charge in [-0.1, -0.05) is 13.8 Å². The fraction of sp³-hybridized carbons (Fsp3) is 0.957. The summed E-state index contributed by atoms with van der Waals surface area (Å²) in [7, 11) is 0. The summed E-state index contributed by atoms with van der Waals surface area (Å²) in [6, 6.07) is 0. The Kier molecular flexibility index (Phi) is 5.69. The summed E-state index contributed by atoms with van der Waals surface area (Å²) >= 11 is 0. The zero-order valence-electron chi connectivity index (χ0n) is 17.9. The molecule has 4 aliphatic rings. The van der Waals surface area contributed by atoms with Gasteiger partial charge in [0, 0.05) is 13.2 Å². The molecule has 4 aliphatic carbocycles. The van der Waals surface area contributed by atoms with E-state index in [1.165, 1.54) is 51.4 Å². The molecule has 160 valence electrons. The first-order valence-electron chi connectivity index (χ1n) is 11.7. The average Bonchev–Trinajstić information content (AvgIpc) is 2.96. The molecular formula is C23H41N3O2. The average molecular weight is 392 g/mol. The van der Waals surface area contributed by atoms with Gasteiger partial charge in [-0.05, 0) is 98.7 Å². The summed E-state index contributed by atoms with van der Waals surface area (Å²) in [5.74, 6) is 3.43. The van der Waals surface area contributed by atoms with Gasteiger partial charge in [-0.25, -0.2) is 0 Å². The topological polar surface area (TPSA) is 93.9 Å². The van der Waals surface area contributed by atoms with Gasteiger partial charge in [0.1, 0.15) is 0 Å². The number of aliphatic imine (C=N–C) groups is 1. The number of guanidine groups is 1. The van der Waals surface area contributed by atoms with Crippen molar-refractivity contribution in [1.82, 2.24) is 0 Å². The third kappa shape index (κ3) is 3.47. The summed E-state index contributed by atoms with van der Waals surface area (Å²) in [4.78, 5) is 4.04. The van der Waals surface area contributed by atoms with Crippen molar-refractivity contribution in [3.63, 3.8) is 0 Å². The van der Waals surface area contributed by atoms with Gasteiger partial charge in [0.2, 0.25) is 0 Å². The molecule has 0 saturated heterocycles. The molecule has 4 rings (SSSR count). The number of fused-ring (bicyclic) bond motifs is 5. The van der Waals surface area contributed by atoms with Crippen LogP contribution in [0.15, 0.2) is 4.99 Å². The predicted molar refractivity (Wildman–Crippen MR) is 113 cm³/mol. The molecule has 0 aromatic heterocycles. The lowest BCUT2D eigenvalue weighted by Crippen LogP contribution is -2.54. The highest BCUT2D eigenvalue weighted by atomic mass is 16.5. The van der Waals surface area contributed by atoms with Gasteiger partial charge in [0.25, 0.3) is 0 Å². The monoisotopic (exact) mass is 391 g/mol. The Balaban J connectivity index is 1.35. The Morgan fingerprint density at radius 1 is 1.00 bits per heavy atom. The van der Waals surface area contributed by atoms with Crippen LogP contribution in [-0.2, 0) is 4.74 Å².